The van der Waals surface area contributed by atoms with E-state index in [0.29, 0.717) is 17.3 Å². The summed E-state index contributed by atoms with van der Waals surface area (Å²) in [6.45, 7) is 2.55. The fourth-order valence-corrected chi connectivity index (χ4v) is 1.22. The third-order valence-electron chi connectivity index (χ3n) is 1.86. The summed E-state index contributed by atoms with van der Waals surface area (Å²) in [5.74, 6) is -0.343. The topological polar surface area (TPSA) is 21.3 Å². The molecule has 1 aromatic rings. The fraction of sp³-hybridized carbons (Fsp3) is 0.400. The molecule has 0 aromatic heterocycles. The molecule has 2 nitrogen and oxygen atoms in total. The molecule has 0 aliphatic rings. The maximum absolute atomic E-state index is 12.9. The molecule has 78 valence electrons. The molecule has 1 N–H and O–H groups in total. The predicted molar refractivity (Wildman–Crippen MR) is 56.4 cm³/mol. The zero-order valence-corrected chi connectivity index (χ0v) is 8.94. The summed E-state index contributed by atoms with van der Waals surface area (Å²) in [4.78, 5) is 0. The van der Waals surface area contributed by atoms with Crippen molar-refractivity contribution in [1.82, 2.24) is 0 Å². The molecule has 0 saturated carbocycles. The van der Waals surface area contributed by atoms with Gasteiger partial charge in [-0.3, -0.25) is 0 Å². The molecule has 1 aromatic carbocycles. The Balaban J connectivity index is 2.58. The van der Waals surface area contributed by atoms with Crippen molar-refractivity contribution in [1.29, 1.82) is 0 Å². The van der Waals surface area contributed by atoms with Crippen molar-refractivity contribution < 1.29 is 9.13 Å². The lowest BCUT2D eigenvalue weighted by molar-refractivity contribution is 0.129. The first-order chi connectivity index (χ1) is 6.61. The van der Waals surface area contributed by atoms with Crippen molar-refractivity contribution in [2.24, 2.45) is 0 Å². The van der Waals surface area contributed by atoms with Crippen molar-refractivity contribution in [3.63, 3.8) is 0 Å². The minimum atomic E-state index is -0.343. The summed E-state index contributed by atoms with van der Waals surface area (Å²) >= 11 is 5.69. The molecular formula is C10H13ClFNO. The fourth-order valence-electron chi connectivity index (χ4n) is 1.00. The third-order valence-corrected chi connectivity index (χ3v) is 2.08. The minimum Gasteiger partial charge on any atom is -0.382 e. The van der Waals surface area contributed by atoms with Crippen LogP contribution in [0.5, 0.6) is 0 Å². The van der Waals surface area contributed by atoms with Gasteiger partial charge in [0.25, 0.3) is 0 Å². The van der Waals surface area contributed by atoms with Crippen LogP contribution >= 0.6 is 11.6 Å². The zero-order valence-electron chi connectivity index (χ0n) is 8.18. The highest BCUT2D eigenvalue weighted by Gasteiger charge is 2.01. The Labute approximate surface area is 88.0 Å². The van der Waals surface area contributed by atoms with E-state index in [2.05, 4.69) is 5.32 Å². The van der Waals surface area contributed by atoms with Crippen molar-refractivity contribution >= 4 is 17.3 Å². The summed E-state index contributed by atoms with van der Waals surface area (Å²) in [6.07, 6.45) is 0.0806. The number of ether oxygens (including phenoxy) is 1. The molecular weight excluding hydrogens is 205 g/mol. The van der Waals surface area contributed by atoms with Crippen LogP contribution in [0.15, 0.2) is 18.2 Å². The van der Waals surface area contributed by atoms with E-state index >= 15 is 0 Å². The molecule has 0 bridgehead atoms. The highest BCUT2D eigenvalue weighted by atomic mass is 35.5. The molecule has 0 spiro atoms. The van der Waals surface area contributed by atoms with Crippen molar-refractivity contribution in [2.75, 3.05) is 19.0 Å². The lowest BCUT2D eigenvalue weighted by Crippen LogP contribution is -2.18. The summed E-state index contributed by atoms with van der Waals surface area (Å²) in [6, 6.07) is 4.34. The first-order valence-electron chi connectivity index (χ1n) is 4.34. The Bertz CT molecular complexity index is 286. The first kappa shape index (κ1) is 11.3. The van der Waals surface area contributed by atoms with Crippen LogP contribution in [-0.2, 0) is 4.74 Å². The van der Waals surface area contributed by atoms with Gasteiger partial charge in [0.15, 0.2) is 0 Å². The summed E-state index contributed by atoms with van der Waals surface area (Å²) < 4.78 is 17.9. The Morgan fingerprint density at radius 1 is 1.50 bits per heavy atom. The summed E-state index contributed by atoms with van der Waals surface area (Å²) in [5.41, 5.74) is 0.666. The van der Waals surface area contributed by atoms with E-state index in [0.717, 1.165) is 0 Å². The molecule has 0 heterocycles. The molecule has 0 aliphatic carbocycles. The molecule has 0 radical (unpaired) electrons. The van der Waals surface area contributed by atoms with E-state index in [1.165, 1.54) is 12.1 Å². The number of rotatable bonds is 4. The van der Waals surface area contributed by atoms with Gasteiger partial charge in [0.2, 0.25) is 0 Å². The molecule has 14 heavy (non-hydrogen) atoms. The quantitative estimate of drug-likeness (QED) is 0.838. The molecule has 4 heteroatoms. The van der Waals surface area contributed by atoms with Crippen molar-refractivity contribution in [2.45, 2.75) is 13.0 Å². The van der Waals surface area contributed by atoms with Gasteiger partial charge in [-0.1, -0.05) is 11.6 Å². The molecule has 0 amide bonds. The molecule has 0 saturated heterocycles. The van der Waals surface area contributed by atoms with E-state index in [1.54, 1.807) is 13.2 Å². The van der Waals surface area contributed by atoms with Gasteiger partial charge in [-0.05, 0) is 25.1 Å². The van der Waals surface area contributed by atoms with Crippen molar-refractivity contribution in [3.05, 3.63) is 29.0 Å². The standard InChI is InChI=1S/C10H13ClFNO/c1-7(14-2)6-13-10-4-8(11)3-9(12)5-10/h3-5,7,13H,6H2,1-2H3. The van der Waals surface area contributed by atoms with Gasteiger partial charge in [-0.25, -0.2) is 4.39 Å². The van der Waals surface area contributed by atoms with E-state index in [9.17, 15) is 4.39 Å². The number of nitrogens with one attached hydrogen (secondary N) is 1. The van der Waals surface area contributed by atoms with Crippen LogP contribution in [0, 0.1) is 5.82 Å². The Morgan fingerprint density at radius 3 is 2.79 bits per heavy atom. The summed E-state index contributed by atoms with van der Waals surface area (Å²) in [7, 11) is 1.63. The van der Waals surface area contributed by atoms with Gasteiger partial charge >= 0.3 is 0 Å². The lowest BCUT2D eigenvalue weighted by atomic mass is 10.3. The molecule has 0 aliphatic heterocycles. The molecule has 1 rings (SSSR count). The van der Waals surface area contributed by atoms with Gasteiger partial charge in [0.05, 0.1) is 6.10 Å². The van der Waals surface area contributed by atoms with E-state index in [1.807, 2.05) is 6.92 Å². The van der Waals surface area contributed by atoms with Crippen LogP contribution in [-0.4, -0.2) is 19.8 Å². The average Bonchev–Trinajstić information content (AvgIpc) is 2.12. The van der Waals surface area contributed by atoms with Crippen LogP contribution in [0.1, 0.15) is 6.92 Å². The monoisotopic (exact) mass is 217 g/mol. The van der Waals surface area contributed by atoms with Crippen LogP contribution in [0.25, 0.3) is 0 Å². The number of hydrogen-bond acceptors (Lipinski definition) is 2. The highest BCUT2D eigenvalue weighted by molar-refractivity contribution is 6.30. The van der Waals surface area contributed by atoms with Gasteiger partial charge in [0.1, 0.15) is 5.82 Å². The second kappa shape index (κ2) is 5.17. The van der Waals surface area contributed by atoms with Gasteiger partial charge in [0, 0.05) is 24.4 Å². The van der Waals surface area contributed by atoms with Crippen LogP contribution < -0.4 is 5.32 Å². The number of methoxy groups -OCH3 is 1. The number of halogens is 2. The predicted octanol–water partition coefficient (Wildman–Crippen LogP) is 2.93. The number of hydrogen-bond donors (Lipinski definition) is 1. The highest BCUT2D eigenvalue weighted by Crippen LogP contribution is 2.17. The normalized spacial score (nSPS) is 12.6. The largest absolute Gasteiger partial charge is 0.382 e. The second-order valence-corrected chi connectivity index (χ2v) is 3.52. The molecule has 0 fully saturated rings. The average molecular weight is 218 g/mol. The smallest absolute Gasteiger partial charge is 0.126 e. The number of anilines is 1. The minimum absolute atomic E-state index is 0.0806. The Hall–Kier alpha value is -0.800. The summed E-state index contributed by atoms with van der Waals surface area (Å²) in [5, 5.41) is 3.41. The Kier molecular flexibility index (Phi) is 4.17. The van der Waals surface area contributed by atoms with Crippen LogP contribution in [0.3, 0.4) is 0 Å². The van der Waals surface area contributed by atoms with Gasteiger partial charge in [-0.15, -0.1) is 0 Å². The SMILES string of the molecule is COC(C)CNc1cc(F)cc(Cl)c1. The van der Waals surface area contributed by atoms with Crippen molar-refractivity contribution in [3.8, 4) is 0 Å². The van der Waals surface area contributed by atoms with Gasteiger partial charge < -0.3 is 10.1 Å². The van der Waals surface area contributed by atoms with Crippen LogP contribution in [0.2, 0.25) is 5.02 Å². The van der Waals surface area contributed by atoms with E-state index < -0.39 is 0 Å². The van der Waals surface area contributed by atoms with E-state index in [-0.39, 0.29) is 11.9 Å². The maximum atomic E-state index is 12.9. The van der Waals surface area contributed by atoms with E-state index in [4.69, 9.17) is 16.3 Å². The Morgan fingerprint density at radius 2 is 2.21 bits per heavy atom. The van der Waals surface area contributed by atoms with Gasteiger partial charge in [-0.2, -0.15) is 0 Å². The maximum Gasteiger partial charge on any atom is 0.126 e. The second-order valence-electron chi connectivity index (χ2n) is 3.09. The first-order valence-corrected chi connectivity index (χ1v) is 4.72. The lowest BCUT2D eigenvalue weighted by Gasteiger charge is -2.11. The third kappa shape index (κ3) is 3.52. The van der Waals surface area contributed by atoms with Crippen LogP contribution in [0.4, 0.5) is 10.1 Å². The molecule has 1 unspecified atom stereocenters. The molecule has 1 atom stereocenters. The zero-order chi connectivity index (χ0) is 10.6. The number of benzene rings is 1.